The van der Waals surface area contributed by atoms with Crippen LogP contribution in [0.15, 0.2) is 41.8 Å². The molecular weight excluding hydrogens is 477 g/mol. The number of urea groups is 1. The van der Waals surface area contributed by atoms with Crippen LogP contribution in [0, 0.1) is 0 Å². The molecule has 3 heterocycles. The molecule has 1 N–H and O–H groups in total. The van der Waals surface area contributed by atoms with Crippen molar-refractivity contribution in [1.29, 1.82) is 0 Å². The van der Waals surface area contributed by atoms with Gasteiger partial charge in [-0.1, -0.05) is 23.7 Å². The normalized spacial score (nSPS) is 19.7. The summed E-state index contributed by atoms with van der Waals surface area (Å²) < 4.78 is 43.3. The number of aromatic nitrogens is 2. The van der Waals surface area contributed by atoms with E-state index < -0.39 is 30.1 Å². The fourth-order valence-electron chi connectivity index (χ4n) is 3.64. The second-order valence-corrected chi connectivity index (χ2v) is 8.18. The zero-order chi connectivity index (χ0) is 24.5. The number of morpholine rings is 1. The van der Waals surface area contributed by atoms with Gasteiger partial charge in [0.1, 0.15) is 6.61 Å². The Morgan fingerprint density at radius 3 is 2.53 bits per heavy atom. The van der Waals surface area contributed by atoms with E-state index in [1.54, 1.807) is 36.1 Å². The van der Waals surface area contributed by atoms with E-state index in [0.717, 1.165) is 12.4 Å². The summed E-state index contributed by atoms with van der Waals surface area (Å²) in [5, 5.41) is 8.86. The SMILES string of the molecule is CC(NC(=O)N1C[C@@H](N2CCOCC2=O)C(c2ccc(Cl)cc2)=N1)c1cnc(C(F)(F)F)nc1. The highest BCUT2D eigenvalue weighted by molar-refractivity contribution is 6.30. The molecule has 0 radical (unpaired) electrons. The van der Waals surface area contributed by atoms with Crippen molar-refractivity contribution < 1.29 is 27.5 Å². The molecule has 0 aliphatic carbocycles. The minimum Gasteiger partial charge on any atom is -0.370 e. The van der Waals surface area contributed by atoms with Gasteiger partial charge in [0.15, 0.2) is 0 Å². The number of carbonyl (C=O) groups excluding carboxylic acids is 2. The first-order chi connectivity index (χ1) is 16.1. The van der Waals surface area contributed by atoms with Crippen molar-refractivity contribution in [2.24, 2.45) is 5.10 Å². The van der Waals surface area contributed by atoms with E-state index in [0.29, 0.717) is 35.0 Å². The molecule has 0 bridgehead atoms. The number of hydrogen-bond donors (Lipinski definition) is 1. The van der Waals surface area contributed by atoms with E-state index in [2.05, 4.69) is 20.4 Å². The second kappa shape index (κ2) is 9.55. The Labute approximate surface area is 197 Å². The van der Waals surface area contributed by atoms with Gasteiger partial charge in [-0.25, -0.2) is 19.8 Å². The van der Waals surface area contributed by atoms with Crippen LogP contribution >= 0.6 is 11.6 Å². The van der Waals surface area contributed by atoms with E-state index in [1.807, 2.05) is 0 Å². The van der Waals surface area contributed by atoms with Gasteiger partial charge >= 0.3 is 12.2 Å². The van der Waals surface area contributed by atoms with Crippen molar-refractivity contribution in [3.8, 4) is 0 Å². The van der Waals surface area contributed by atoms with Crippen LogP contribution in [-0.2, 0) is 15.7 Å². The number of hydrogen-bond acceptors (Lipinski definition) is 6. The number of hydrazone groups is 1. The number of carbonyl (C=O) groups is 2. The summed E-state index contributed by atoms with van der Waals surface area (Å²) in [6.45, 7) is 2.36. The van der Waals surface area contributed by atoms with Crippen molar-refractivity contribution in [1.82, 2.24) is 25.2 Å². The summed E-state index contributed by atoms with van der Waals surface area (Å²) in [5.41, 5.74) is 1.52. The van der Waals surface area contributed by atoms with E-state index in [1.165, 1.54) is 5.01 Å². The van der Waals surface area contributed by atoms with Crippen molar-refractivity contribution in [2.75, 3.05) is 26.3 Å². The maximum absolute atomic E-state index is 12.9. The number of ether oxygens (including phenoxy) is 1. The third-order valence-corrected chi connectivity index (χ3v) is 5.68. The third kappa shape index (κ3) is 5.12. The highest BCUT2D eigenvalue weighted by atomic mass is 35.5. The van der Waals surface area contributed by atoms with Crippen LogP contribution in [0.1, 0.15) is 29.9 Å². The number of rotatable bonds is 4. The second-order valence-electron chi connectivity index (χ2n) is 7.74. The molecule has 13 heteroatoms. The molecule has 1 fully saturated rings. The predicted octanol–water partition coefficient (Wildman–Crippen LogP) is 2.87. The summed E-state index contributed by atoms with van der Waals surface area (Å²) in [5.74, 6) is -1.47. The Morgan fingerprint density at radius 1 is 1.24 bits per heavy atom. The summed E-state index contributed by atoms with van der Waals surface area (Å²) in [6.07, 6.45) is -2.62. The molecule has 180 valence electrons. The lowest BCUT2D eigenvalue weighted by Crippen LogP contribution is -2.52. The molecule has 34 heavy (non-hydrogen) atoms. The minimum absolute atomic E-state index is 0.0540. The summed E-state index contributed by atoms with van der Waals surface area (Å²) >= 11 is 5.99. The van der Waals surface area contributed by atoms with Crippen LogP contribution in [0.3, 0.4) is 0 Å². The summed E-state index contributed by atoms with van der Waals surface area (Å²) in [4.78, 5) is 33.7. The first-order valence-electron chi connectivity index (χ1n) is 10.3. The Balaban J connectivity index is 1.52. The van der Waals surface area contributed by atoms with E-state index >= 15 is 0 Å². The molecule has 2 atom stereocenters. The number of halogens is 4. The number of alkyl halides is 3. The maximum atomic E-state index is 12.9. The topological polar surface area (TPSA) is 100 Å². The van der Waals surface area contributed by atoms with Crippen LogP contribution in [-0.4, -0.2) is 69.9 Å². The average molecular weight is 497 g/mol. The van der Waals surface area contributed by atoms with E-state index in [-0.39, 0.29) is 19.1 Å². The van der Waals surface area contributed by atoms with Crippen LogP contribution in [0.5, 0.6) is 0 Å². The summed E-state index contributed by atoms with van der Waals surface area (Å²) in [6, 6.07) is 5.12. The van der Waals surface area contributed by atoms with Crippen LogP contribution in [0.2, 0.25) is 5.02 Å². The van der Waals surface area contributed by atoms with Crippen molar-refractivity contribution in [2.45, 2.75) is 25.2 Å². The van der Waals surface area contributed by atoms with Gasteiger partial charge in [0.05, 0.1) is 30.9 Å². The fourth-order valence-corrected chi connectivity index (χ4v) is 3.77. The lowest BCUT2D eigenvalue weighted by atomic mass is 10.0. The Kier molecular flexibility index (Phi) is 6.71. The highest BCUT2D eigenvalue weighted by Crippen LogP contribution is 2.26. The van der Waals surface area contributed by atoms with Crippen molar-refractivity contribution in [3.05, 3.63) is 58.6 Å². The molecule has 1 unspecified atom stereocenters. The van der Waals surface area contributed by atoms with Gasteiger partial charge in [-0.3, -0.25) is 4.79 Å². The van der Waals surface area contributed by atoms with E-state index in [4.69, 9.17) is 16.3 Å². The number of nitrogens with one attached hydrogen (secondary N) is 1. The third-order valence-electron chi connectivity index (χ3n) is 5.43. The molecule has 3 amide bonds. The molecule has 4 rings (SSSR count). The quantitative estimate of drug-likeness (QED) is 0.701. The van der Waals surface area contributed by atoms with Crippen LogP contribution in [0.4, 0.5) is 18.0 Å². The molecule has 1 saturated heterocycles. The lowest BCUT2D eigenvalue weighted by Gasteiger charge is -2.32. The standard InChI is InChI=1S/C21H20ClF3N6O3/c1-12(14-8-26-19(27-9-14)21(23,24)25)28-20(33)31-10-16(30-6-7-34-11-17(30)32)18(29-31)13-2-4-15(22)5-3-13/h2-5,8-9,12,16H,6-7,10-11H2,1H3,(H,28,33)/t12?,16-/m1/s1. The molecule has 0 spiro atoms. The zero-order valence-corrected chi connectivity index (χ0v) is 18.7. The largest absolute Gasteiger partial charge is 0.451 e. The number of benzene rings is 1. The van der Waals surface area contributed by atoms with Gasteiger partial charge in [-0.15, -0.1) is 0 Å². The molecule has 1 aromatic heterocycles. The summed E-state index contributed by atoms with van der Waals surface area (Å²) in [7, 11) is 0. The Morgan fingerprint density at radius 2 is 1.91 bits per heavy atom. The highest BCUT2D eigenvalue weighted by Gasteiger charge is 2.39. The lowest BCUT2D eigenvalue weighted by molar-refractivity contribution is -0.145. The zero-order valence-electron chi connectivity index (χ0n) is 17.9. The van der Waals surface area contributed by atoms with Gasteiger partial charge in [0.2, 0.25) is 11.7 Å². The fraction of sp³-hybridized carbons (Fsp3) is 0.381. The number of nitrogens with zero attached hydrogens (tertiary/aromatic N) is 5. The monoisotopic (exact) mass is 496 g/mol. The molecule has 2 aromatic rings. The Hall–Kier alpha value is -3.25. The first kappa shape index (κ1) is 23.9. The first-order valence-corrected chi connectivity index (χ1v) is 10.7. The maximum Gasteiger partial charge on any atom is 0.451 e. The molecule has 9 nitrogen and oxygen atoms in total. The molecular formula is C21H20ClF3N6O3. The number of amides is 3. The molecule has 2 aliphatic rings. The Bertz CT molecular complexity index is 1090. The van der Waals surface area contributed by atoms with Crippen LogP contribution < -0.4 is 5.32 Å². The molecule has 0 saturated carbocycles. The predicted molar refractivity (Wildman–Crippen MR) is 115 cm³/mol. The molecule has 1 aromatic carbocycles. The van der Waals surface area contributed by atoms with Gasteiger partial charge in [0, 0.05) is 35.1 Å². The van der Waals surface area contributed by atoms with Gasteiger partial charge in [-0.2, -0.15) is 18.3 Å². The smallest absolute Gasteiger partial charge is 0.370 e. The van der Waals surface area contributed by atoms with Crippen molar-refractivity contribution in [3.63, 3.8) is 0 Å². The van der Waals surface area contributed by atoms with Gasteiger partial charge < -0.3 is 15.0 Å². The minimum atomic E-state index is -4.65. The van der Waals surface area contributed by atoms with Crippen LogP contribution in [0.25, 0.3) is 0 Å². The average Bonchev–Trinajstić information content (AvgIpc) is 3.25. The van der Waals surface area contributed by atoms with Gasteiger partial charge in [0.25, 0.3) is 0 Å². The molecule has 2 aliphatic heterocycles. The van der Waals surface area contributed by atoms with Gasteiger partial charge in [-0.05, 0) is 19.1 Å². The van der Waals surface area contributed by atoms with Crippen molar-refractivity contribution >= 4 is 29.3 Å². The van der Waals surface area contributed by atoms with E-state index in [9.17, 15) is 22.8 Å².